The van der Waals surface area contributed by atoms with Gasteiger partial charge in [0.25, 0.3) is 0 Å². The first-order valence-electron chi connectivity index (χ1n) is 9.77. The molecular formula is C24H19N3O3S. The zero-order chi connectivity index (χ0) is 21.4. The van der Waals surface area contributed by atoms with Crippen molar-refractivity contribution in [2.75, 3.05) is 12.9 Å². The molecule has 0 saturated heterocycles. The topological polar surface area (TPSA) is 87.3 Å². The van der Waals surface area contributed by atoms with Gasteiger partial charge in [-0.1, -0.05) is 42.1 Å². The fraction of sp³-hybridized carbons (Fsp3) is 0.125. The minimum absolute atomic E-state index is 0.133. The van der Waals surface area contributed by atoms with E-state index in [2.05, 4.69) is 12.1 Å². The molecule has 3 aromatic carbocycles. The van der Waals surface area contributed by atoms with Crippen LogP contribution >= 0.6 is 11.8 Å². The Kier molecular flexibility index (Phi) is 4.95. The number of rotatable bonds is 5. The smallest absolute Gasteiger partial charge is 0.227 e. The van der Waals surface area contributed by atoms with Crippen LogP contribution in [0.15, 0.2) is 65.7 Å². The summed E-state index contributed by atoms with van der Waals surface area (Å²) < 4.78 is 11.5. The molecule has 0 spiro atoms. The van der Waals surface area contributed by atoms with Crippen molar-refractivity contribution in [3.05, 3.63) is 71.8 Å². The molecule has 0 fully saturated rings. The Balaban J connectivity index is 1.62. The number of primary amides is 1. The van der Waals surface area contributed by atoms with Crippen LogP contribution in [0, 0.1) is 0 Å². The van der Waals surface area contributed by atoms with Crippen molar-refractivity contribution in [2.24, 2.45) is 5.73 Å². The molecule has 1 aliphatic rings. The molecule has 31 heavy (non-hydrogen) atoms. The van der Waals surface area contributed by atoms with Crippen molar-refractivity contribution in [1.29, 1.82) is 0 Å². The highest BCUT2D eigenvalue weighted by atomic mass is 32.2. The summed E-state index contributed by atoms with van der Waals surface area (Å²) in [5, 5.41) is 2.99. The first-order valence-corrected chi connectivity index (χ1v) is 10.8. The zero-order valence-electron chi connectivity index (χ0n) is 16.8. The van der Waals surface area contributed by atoms with Crippen molar-refractivity contribution in [3.63, 3.8) is 0 Å². The second kappa shape index (κ2) is 7.92. The van der Waals surface area contributed by atoms with Crippen LogP contribution in [0.5, 0.6) is 17.4 Å². The molecule has 2 heterocycles. The highest BCUT2D eigenvalue weighted by molar-refractivity contribution is 7.99. The van der Waals surface area contributed by atoms with Gasteiger partial charge in [-0.05, 0) is 41.1 Å². The number of thioether (sulfide) groups is 1. The molecule has 0 radical (unpaired) electrons. The van der Waals surface area contributed by atoms with Crippen molar-refractivity contribution in [3.8, 4) is 28.8 Å². The zero-order valence-corrected chi connectivity index (χ0v) is 17.6. The molecule has 7 heteroatoms. The van der Waals surface area contributed by atoms with Gasteiger partial charge in [-0.2, -0.15) is 4.98 Å². The van der Waals surface area contributed by atoms with Gasteiger partial charge in [-0.25, -0.2) is 4.98 Å². The fourth-order valence-electron chi connectivity index (χ4n) is 3.68. The number of nitrogens with zero attached hydrogens (tertiary/aromatic N) is 2. The van der Waals surface area contributed by atoms with Crippen LogP contribution in [-0.2, 0) is 11.2 Å². The molecule has 1 aromatic heterocycles. The molecule has 154 valence electrons. The molecule has 0 aliphatic carbocycles. The summed E-state index contributed by atoms with van der Waals surface area (Å²) in [6, 6.07) is 19.7. The standard InChI is InChI=1S/C24H19N3O3S/c1-29-16-9-6-15(7-10-16)22-26-23-19(24(27-22)31-13-21(25)28)12-18-17-5-3-2-4-14(17)8-11-20(18)30-23/h2-11H,12-13H2,1H3,(H2,25,28). The third-order valence-corrected chi connectivity index (χ3v) is 6.23. The first kappa shape index (κ1) is 19.4. The number of benzene rings is 3. The number of ether oxygens (including phenoxy) is 2. The maximum Gasteiger partial charge on any atom is 0.227 e. The summed E-state index contributed by atoms with van der Waals surface area (Å²) in [5.74, 6) is 2.31. The van der Waals surface area contributed by atoms with Crippen LogP contribution in [-0.4, -0.2) is 28.7 Å². The molecular weight excluding hydrogens is 410 g/mol. The molecule has 0 unspecified atom stereocenters. The average molecular weight is 430 g/mol. The first-order chi connectivity index (χ1) is 15.1. The van der Waals surface area contributed by atoms with Gasteiger partial charge in [0.15, 0.2) is 5.82 Å². The van der Waals surface area contributed by atoms with E-state index in [1.54, 1.807) is 7.11 Å². The normalized spacial score (nSPS) is 12.0. The van der Waals surface area contributed by atoms with E-state index in [4.69, 9.17) is 25.2 Å². The SMILES string of the molecule is COc1ccc(-c2nc3c(c(SCC(N)=O)n2)Cc2c(ccc4ccccc24)O3)cc1. The third kappa shape index (κ3) is 3.68. The van der Waals surface area contributed by atoms with Gasteiger partial charge in [-0.3, -0.25) is 4.79 Å². The Morgan fingerprint density at radius 2 is 1.87 bits per heavy atom. The molecule has 0 saturated carbocycles. The number of carbonyl (C=O) groups excluding carboxylic acids is 1. The predicted molar refractivity (Wildman–Crippen MR) is 121 cm³/mol. The number of methoxy groups -OCH3 is 1. The van der Waals surface area contributed by atoms with E-state index >= 15 is 0 Å². The highest BCUT2D eigenvalue weighted by Gasteiger charge is 2.25. The lowest BCUT2D eigenvalue weighted by Gasteiger charge is -2.23. The van der Waals surface area contributed by atoms with Gasteiger partial charge >= 0.3 is 0 Å². The molecule has 6 nitrogen and oxygen atoms in total. The van der Waals surface area contributed by atoms with Crippen LogP contribution < -0.4 is 15.2 Å². The lowest BCUT2D eigenvalue weighted by atomic mass is 9.97. The van der Waals surface area contributed by atoms with Crippen LogP contribution in [0.3, 0.4) is 0 Å². The number of nitrogens with two attached hydrogens (primary N) is 1. The summed E-state index contributed by atoms with van der Waals surface area (Å²) in [4.78, 5) is 20.9. The molecule has 2 N–H and O–H groups in total. The molecule has 4 aromatic rings. The van der Waals surface area contributed by atoms with Gasteiger partial charge < -0.3 is 15.2 Å². The van der Waals surface area contributed by atoms with E-state index < -0.39 is 5.91 Å². The van der Waals surface area contributed by atoms with E-state index in [9.17, 15) is 4.79 Å². The second-order valence-corrected chi connectivity index (χ2v) is 8.13. The monoisotopic (exact) mass is 429 g/mol. The van der Waals surface area contributed by atoms with Gasteiger partial charge in [-0.15, -0.1) is 0 Å². The number of amides is 1. The Hall–Kier alpha value is -3.58. The molecule has 0 bridgehead atoms. The van der Waals surface area contributed by atoms with Crippen LogP contribution in [0.4, 0.5) is 0 Å². The summed E-state index contributed by atoms with van der Waals surface area (Å²) in [6.07, 6.45) is 0.621. The van der Waals surface area contributed by atoms with Gasteiger partial charge in [0.1, 0.15) is 16.5 Å². The second-order valence-electron chi connectivity index (χ2n) is 7.16. The molecule has 1 aliphatic heterocycles. The Labute approximate surface area is 183 Å². The predicted octanol–water partition coefficient (Wildman–Crippen LogP) is 4.58. The van der Waals surface area contributed by atoms with Gasteiger partial charge in [0.05, 0.1) is 18.4 Å². The van der Waals surface area contributed by atoms with E-state index in [0.29, 0.717) is 23.2 Å². The van der Waals surface area contributed by atoms with Gasteiger partial charge in [0.2, 0.25) is 11.8 Å². The largest absolute Gasteiger partial charge is 0.497 e. The number of aromatic nitrogens is 2. The van der Waals surface area contributed by atoms with Crippen LogP contribution in [0.2, 0.25) is 0 Å². The Morgan fingerprint density at radius 3 is 2.65 bits per heavy atom. The minimum atomic E-state index is -0.397. The summed E-state index contributed by atoms with van der Waals surface area (Å²) >= 11 is 1.31. The van der Waals surface area contributed by atoms with Crippen LogP contribution in [0.1, 0.15) is 11.1 Å². The maximum absolute atomic E-state index is 11.5. The van der Waals surface area contributed by atoms with Crippen molar-refractivity contribution in [1.82, 2.24) is 9.97 Å². The van der Waals surface area contributed by atoms with Gasteiger partial charge in [0, 0.05) is 17.5 Å². The van der Waals surface area contributed by atoms with E-state index in [1.807, 2.05) is 48.5 Å². The summed E-state index contributed by atoms with van der Waals surface area (Å²) in [6.45, 7) is 0. The summed E-state index contributed by atoms with van der Waals surface area (Å²) in [7, 11) is 1.62. The minimum Gasteiger partial charge on any atom is -0.497 e. The maximum atomic E-state index is 11.5. The Bertz CT molecular complexity index is 1310. The lowest BCUT2D eigenvalue weighted by Crippen LogP contribution is -2.15. The molecule has 1 amide bonds. The highest BCUT2D eigenvalue weighted by Crippen LogP contribution is 2.42. The number of hydrogen-bond acceptors (Lipinski definition) is 6. The number of hydrogen-bond donors (Lipinski definition) is 1. The van der Waals surface area contributed by atoms with E-state index in [0.717, 1.165) is 39.0 Å². The number of fused-ring (bicyclic) bond motifs is 4. The molecule has 0 atom stereocenters. The van der Waals surface area contributed by atoms with E-state index in [1.165, 1.54) is 11.8 Å². The van der Waals surface area contributed by atoms with Crippen LogP contribution in [0.25, 0.3) is 22.2 Å². The Morgan fingerprint density at radius 1 is 1.06 bits per heavy atom. The number of carbonyl (C=O) groups is 1. The van der Waals surface area contributed by atoms with Crippen molar-refractivity contribution >= 4 is 28.4 Å². The van der Waals surface area contributed by atoms with E-state index in [-0.39, 0.29) is 5.75 Å². The lowest BCUT2D eigenvalue weighted by molar-refractivity contribution is -0.115. The quantitative estimate of drug-likeness (QED) is 0.325. The van der Waals surface area contributed by atoms with Crippen molar-refractivity contribution in [2.45, 2.75) is 11.4 Å². The third-order valence-electron chi connectivity index (χ3n) is 5.19. The molecule has 5 rings (SSSR count). The van der Waals surface area contributed by atoms with Crippen molar-refractivity contribution < 1.29 is 14.3 Å². The fourth-order valence-corrected chi connectivity index (χ4v) is 4.45. The average Bonchev–Trinajstić information content (AvgIpc) is 2.81. The summed E-state index contributed by atoms with van der Waals surface area (Å²) in [5.41, 5.74) is 8.19.